The Hall–Kier alpha value is 0.623. The Morgan fingerprint density at radius 2 is 1.20 bits per heavy atom. The van der Waals surface area contributed by atoms with Gasteiger partial charge in [0.2, 0.25) is 0 Å². The predicted molar refractivity (Wildman–Crippen MR) is 19.7 cm³/mol. The zero-order chi connectivity index (χ0) is 4.50. The van der Waals surface area contributed by atoms with Crippen molar-refractivity contribution in [2.45, 2.75) is 24.8 Å². The second-order valence-electron chi connectivity index (χ2n) is 2.03. The average Bonchev–Trinajstić information content (AvgIpc) is 0.722. The molecule has 0 aliphatic rings. The van der Waals surface area contributed by atoms with Crippen LogP contribution in [0.4, 0.5) is 0 Å². The normalized spacial score (nSPS) is 12.0. The quantitative estimate of drug-likeness (QED) is 0.471. The molecule has 5 heavy (non-hydrogen) atoms. The summed E-state index contributed by atoms with van der Waals surface area (Å²) in [4.78, 5) is 0. The van der Waals surface area contributed by atoms with Crippen molar-refractivity contribution in [3.63, 3.8) is 0 Å². The molecule has 1 heteroatoms. The van der Waals surface area contributed by atoms with E-state index in [2.05, 4.69) is 39.1 Å². The van der Waals surface area contributed by atoms with Gasteiger partial charge < -0.3 is 0 Å². The van der Waals surface area contributed by atoms with E-state index in [1.807, 2.05) is 0 Å². The molecule has 0 amide bonds. The Bertz CT molecular complexity index is 19.1. The predicted octanol–water partition coefficient (Wildman–Crippen LogP) is 1.75. The van der Waals surface area contributed by atoms with Gasteiger partial charge in [0.15, 0.2) is 0 Å². The summed E-state index contributed by atoms with van der Waals surface area (Å²) in [5.41, 5.74) is 0. The van der Waals surface area contributed by atoms with E-state index in [1.165, 1.54) is 0 Å². The Balaban J connectivity index is 3.02. The summed E-state index contributed by atoms with van der Waals surface area (Å²) in [6.45, 7) is 6.47. The van der Waals surface area contributed by atoms with Crippen LogP contribution >= 0.6 is 0 Å². The van der Waals surface area contributed by atoms with E-state index in [-0.39, 0.29) is 0 Å². The third-order valence-corrected chi connectivity index (χ3v) is 0. The fourth-order valence-corrected chi connectivity index (χ4v) is 0. The van der Waals surface area contributed by atoms with Gasteiger partial charge in [-0.2, -0.15) is 0 Å². The van der Waals surface area contributed by atoms with Crippen LogP contribution in [-0.2, 0) is 18.3 Å². The Labute approximate surface area is 43.6 Å². The molecule has 0 radical (unpaired) electrons. The maximum absolute atomic E-state index is 2.63. The molecule has 0 saturated heterocycles. The van der Waals surface area contributed by atoms with Crippen LogP contribution in [0.3, 0.4) is 0 Å². The molecule has 0 aromatic heterocycles. The summed E-state index contributed by atoms with van der Waals surface area (Å²) in [6, 6.07) is 0. The van der Waals surface area contributed by atoms with Crippen LogP contribution in [0.2, 0.25) is 4.01 Å². The van der Waals surface area contributed by atoms with E-state index >= 15 is 0 Å². The molecule has 0 spiro atoms. The van der Waals surface area contributed by atoms with Gasteiger partial charge in [0.25, 0.3) is 0 Å². The first-order valence-corrected chi connectivity index (χ1v) is 2.55. The molecule has 0 aliphatic heterocycles. The summed E-state index contributed by atoms with van der Waals surface area (Å²) in [5.74, 6) is 0. The topological polar surface area (TPSA) is 0 Å². The molecule has 0 bridgehead atoms. The van der Waals surface area contributed by atoms with E-state index in [9.17, 15) is 0 Å². The molecule has 0 saturated carbocycles. The van der Waals surface area contributed by atoms with Crippen LogP contribution in [0.5, 0.6) is 0 Å². The fourth-order valence-electron chi connectivity index (χ4n) is 0. The summed E-state index contributed by atoms with van der Waals surface area (Å²) in [6.07, 6.45) is 0. The molecule has 0 fully saturated rings. The van der Waals surface area contributed by atoms with Crippen LogP contribution < -0.4 is 0 Å². The number of hydrogen-bond donors (Lipinski definition) is 0. The Morgan fingerprint density at radius 1 is 1.20 bits per heavy atom. The van der Waals surface area contributed by atoms with Crippen molar-refractivity contribution in [3.05, 3.63) is 0 Å². The summed E-state index contributed by atoms with van der Waals surface area (Å²) in [7, 11) is 0. The van der Waals surface area contributed by atoms with E-state index in [0.29, 0.717) is 4.01 Å². The van der Waals surface area contributed by atoms with E-state index < -0.39 is 0 Å². The molecule has 33 valence electrons. The molecule has 0 nitrogen and oxygen atoms in total. The van der Waals surface area contributed by atoms with Crippen molar-refractivity contribution in [2.24, 2.45) is 0 Å². The van der Waals surface area contributed by atoms with Gasteiger partial charge in [0.1, 0.15) is 0 Å². The molecule has 0 aliphatic carbocycles. The molecule has 0 rings (SSSR count). The van der Waals surface area contributed by atoms with Crippen LogP contribution in [0.25, 0.3) is 0 Å². The maximum atomic E-state index is 2.63. The molecule has 0 atom stereocenters. The average molecular weight is 158 g/mol. The van der Waals surface area contributed by atoms with Crippen molar-refractivity contribution in [1.29, 1.82) is 0 Å². The standard InChI is InChI=1S/C4H9.Ru/c1-4(2)3;/h1-3H3;. The van der Waals surface area contributed by atoms with E-state index in [4.69, 9.17) is 0 Å². The van der Waals surface area contributed by atoms with Crippen molar-refractivity contribution in [1.82, 2.24) is 0 Å². The van der Waals surface area contributed by atoms with Gasteiger partial charge >= 0.3 is 43.1 Å². The van der Waals surface area contributed by atoms with Gasteiger partial charge in [-0.3, -0.25) is 0 Å². The molecule has 0 aromatic rings. The minimum absolute atomic E-state index is 0.430. The monoisotopic (exact) mass is 159 g/mol. The van der Waals surface area contributed by atoms with E-state index in [1.54, 1.807) is 0 Å². The first kappa shape index (κ1) is 5.62. The molecule has 0 heterocycles. The Kier molecular flexibility index (Phi) is 1.56. The van der Waals surface area contributed by atoms with Crippen LogP contribution in [0.1, 0.15) is 20.8 Å². The number of rotatable bonds is 0. The third kappa shape index (κ3) is 81.9. The summed E-state index contributed by atoms with van der Waals surface area (Å²) < 4.78 is 0.430. The third-order valence-electron chi connectivity index (χ3n) is 0. The Morgan fingerprint density at radius 3 is 1.20 bits per heavy atom. The van der Waals surface area contributed by atoms with Crippen molar-refractivity contribution < 1.29 is 18.3 Å². The first-order valence-electron chi connectivity index (χ1n) is 1.68. The second-order valence-corrected chi connectivity index (χ2v) is 4.64. The van der Waals surface area contributed by atoms with Crippen molar-refractivity contribution >= 4 is 0 Å². The minimum atomic E-state index is 0.430. The van der Waals surface area contributed by atoms with Crippen molar-refractivity contribution in [2.75, 3.05) is 0 Å². The number of hydrogen-bond acceptors (Lipinski definition) is 0. The summed E-state index contributed by atoms with van der Waals surface area (Å²) >= 11 is 2.63. The zero-order valence-electron chi connectivity index (χ0n) is 3.85. The zero-order valence-corrected chi connectivity index (χ0v) is 5.59. The molecule has 0 aromatic carbocycles. The van der Waals surface area contributed by atoms with Gasteiger partial charge in [-0.25, -0.2) is 0 Å². The fraction of sp³-hybridized carbons (Fsp3) is 1.00. The molecule has 0 N–H and O–H groups in total. The van der Waals surface area contributed by atoms with E-state index in [0.717, 1.165) is 0 Å². The second kappa shape index (κ2) is 1.38. The van der Waals surface area contributed by atoms with Gasteiger partial charge in [-0.1, -0.05) is 0 Å². The van der Waals surface area contributed by atoms with Crippen LogP contribution in [0.15, 0.2) is 0 Å². The van der Waals surface area contributed by atoms with Gasteiger partial charge in [0.05, 0.1) is 0 Å². The first-order chi connectivity index (χ1) is 2.00. The van der Waals surface area contributed by atoms with Gasteiger partial charge in [0, 0.05) is 0 Å². The summed E-state index contributed by atoms with van der Waals surface area (Å²) in [5, 5.41) is 0. The van der Waals surface area contributed by atoms with Crippen LogP contribution in [0, 0.1) is 0 Å². The molecular formula is C4H9Ru. The molecular weight excluding hydrogens is 149 g/mol. The van der Waals surface area contributed by atoms with Gasteiger partial charge in [-0.15, -0.1) is 0 Å². The van der Waals surface area contributed by atoms with Gasteiger partial charge in [-0.05, 0) is 0 Å². The van der Waals surface area contributed by atoms with Crippen LogP contribution in [-0.4, -0.2) is 0 Å². The SMILES string of the molecule is C[C](C)(C)[Ru]. The molecule has 0 unspecified atom stereocenters. The van der Waals surface area contributed by atoms with Crippen molar-refractivity contribution in [3.8, 4) is 0 Å².